The molecule has 11 heteroatoms. The van der Waals surface area contributed by atoms with Gasteiger partial charge < -0.3 is 20.0 Å². The summed E-state index contributed by atoms with van der Waals surface area (Å²) in [4.78, 5) is 36.2. The summed E-state index contributed by atoms with van der Waals surface area (Å²) in [5.74, 6) is -1.06. The van der Waals surface area contributed by atoms with Gasteiger partial charge in [0.15, 0.2) is 41.3 Å². The molecule has 3 rings (SSSR count). The smallest absolute Gasteiger partial charge is 0.233 e. The van der Waals surface area contributed by atoms with Crippen LogP contribution >= 0.6 is 0 Å². The maximum absolute atomic E-state index is 15.0. The standard InChI is InChI=1S/C17H23FN6O4/c1-8(2)14(27)23-16-21-12(19-4)11-13(22-16)24(7-20-11)15-10(18)9(3)17(5-25,6-26)28-15/h5,7-10,15,26H,6H2,1-4H3,(H2,19,21,22,23,27)/t9-,10+,15+,17?/m0/s1. The van der Waals surface area contributed by atoms with Gasteiger partial charge in [-0.2, -0.15) is 9.97 Å². The van der Waals surface area contributed by atoms with Crippen LogP contribution in [-0.4, -0.2) is 62.2 Å². The van der Waals surface area contributed by atoms with Crippen LogP contribution in [-0.2, 0) is 14.3 Å². The van der Waals surface area contributed by atoms with E-state index in [1.807, 2.05) is 0 Å². The third-order valence-electron chi connectivity index (χ3n) is 5.00. The maximum atomic E-state index is 15.0. The minimum atomic E-state index is -1.64. The van der Waals surface area contributed by atoms with E-state index in [0.29, 0.717) is 17.6 Å². The highest BCUT2D eigenvalue weighted by Crippen LogP contribution is 2.43. The van der Waals surface area contributed by atoms with E-state index in [9.17, 15) is 19.1 Å². The normalized spacial score (nSPS) is 27.3. The van der Waals surface area contributed by atoms with Crippen molar-refractivity contribution in [3.63, 3.8) is 0 Å². The molecule has 0 aliphatic carbocycles. The number of alkyl halides is 1. The Balaban J connectivity index is 2.07. The topological polar surface area (TPSA) is 131 Å². The summed E-state index contributed by atoms with van der Waals surface area (Å²) in [5, 5.41) is 15.0. The lowest BCUT2D eigenvalue weighted by Gasteiger charge is -2.23. The number of hydrogen-bond donors (Lipinski definition) is 3. The van der Waals surface area contributed by atoms with Gasteiger partial charge in [0.2, 0.25) is 11.9 Å². The van der Waals surface area contributed by atoms with Gasteiger partial charge in [0.05, 0.1) is 12.9 Å². The van der Waals surface area contributed by atoms with Crippen molar-refractivity contribution < 1.29 is 23.8 Å². The summed E-state index contributed by atoms with van der Waals surface area (Å²) in [6, 6.07) is 0. The van der Waals surface area contributed by atoms with Gasteiger partial charge in [0.1, 0.15) is 0 Å². The molecule has 0 spiro atoms. The molecule has 0 aromatic carbocycles. The lowest BCUT2D eigenvalue weighted by Crippen LogP contribution is -2.41. The van der Waals surface area contributed by atoms with E-state index in [0.717, 1.165) is 0 Å². The molecule has 1 aliphatic rings. The average molecular weight is 394 g/mol. The molecule has 28 heavy (non-hydrogen) atoms. The van der Waals surface area contributed by atoms with Crippen molar-refractivity contribution in [1.82, 2.24) is 19.5 Å². The summed E-state index contributed by atoms with van der Waals surface area (Å²) in [5.41, 5.74) is -1.08. The first-order chi connectivity index (χ1) is 13.3. The number of nitrogens with one attached hydrogen (secondary N) is 2. The van der Waals surface area contributed by atoms with E-state index < -0.39 is 30.5 Å². The van der Waals surface area contributed by atoms with Crippen LogP contribution in [0, 0.1) is 11.8 Å². The van der Waals surface area contributed by atoms with Gasteiger partial charge >= 0.3 is 0 Å². The molecule has 0 saturated carbocycles. The third kappa shape index (κ3) is 3.10. The van der Waals surface area contributed by atoms with Gasteiger partial charge in [-0.1, -0.05) is 20.8 Å². The minimum absolute atomic E-state index is 0.0302. The Kier molecular flexibility index (Phi) is 5.31. The molecule has 2 aromatic rings. The van der Waals surface area contributed by atoms with Crippen molar-refractivity contribution in [2.45, 2.75) is 38.8 Å². The number of imidazole rings is 1. The number of aromatic nitrogens is 4. The van der Waals surface area contributed by atoms with E-state index in [-0.39, 0.29) is 23.4 Å². The van der Waals surface area contributed by atoms with Gasteiger partial charge in [-0.3, -0.25) is 14.7 Å². The largest absolute Gasteiger partial charge is 0.393 e. The van der Waals surface area contributed by atoms with Gasteiger partial charge in [0, 0.05) is 18.9 Å². The summed E-state index contributed by atoms with van der Waals surface area (Å²) >= 11 is 0. The number of aliphatic hydroxyl groups excluding tert-OH is 1. The predicted octanol–water partition coefficient (Wildman–Crippen LogP) is 0.895. The van der Waals surface area contributed by atoms with Gasteiger partial charge in [-0.25, -0.2) is 9.37 Å². The van der Waals surface area contributed by atoms with Gasteiger partial charge in [-0.15, -0.1) is 0 Å². The predicted molar refractivity (Wildman–Crippen MR) is 98.4 cm³/mol. The average Bonchev–Trinajstić information content (AvgIpc) is 3.21. The Morgan fingerprint density at radius 3 is 2.75 bits per heavy atom. The van der Waals surface area contributed by atoms with Crippen LogP contribution in [0.15, 0.2) is 6.33 Å². The molecule has 1 amide bonds. The van der Waals surface area contributed by atoms with Crippen molar-refractivity contribution in [1.29, 1.82) is 0 Å². The van der Waals surface area contributed by atoms with Crippen molar-refractivity contribution in [2.24, 2.45) is 11.8 Å². The summed E-state index contributed by atoms with van der Waals surface area (Å²) in [7, 11) is 1.63. The number of halogens is 1. The number of aldehydes is 1. The second-order valence-corrected chi connectivity index (χ2v) is 7.09. The highest BCUT2D eigenvalue weighted by molar-refractivity contribution is 5.92. The first-order valence-corrected chi connectivity index (χ1v) is 8.90. The molecule has 3 heterocycles. The van der Waals surface area contributed by atoms with Crippen LogP contribution in [0.1, 0.15) is 27.0 Å². The van der Waals surface area contributed by atoms with E-state index in [2.05, 4.69) is 25.6 Å². The second kappa shape index (κ2) is 7.40. The van der Waals surface area contributed by atoms with E-state index in [1.54, 1.807) is 20.9 Å². The number of anilines is 2. The molecule has 10 nitrogen and oxygen atoms in total. The minimum Gasteiger partial charge on any atom is -0.393 e. The van der Waals surface area contributed by atoms with Crippen LogP contribution < -0.4 is 10.6 Å². The number of amides is 1. The number of fused-ring (bicyclic) bond motifs is 1. The Morgan fingerprint density at radius 2 is 2.21 bits per heavy atom. The Morgan fingerprint density at radius 1 is 1.50 bits per heavy atom. The number of ether oxygens (including phenoxy) is 1. The zero-order valence-corrected chi connectivity index (χ0v) is 16.0. The van der Waals surface area contributed by atoms with Crippen molar-refractivity contribution in [2.75, 3.05) is 24.3 Å². The van der Waals surface area contributed by atoms with Crippen LogP contribution in [0.5, 0.6) is 0 Å². The molecule has 2 aromatic heterocycles. The fourth-order valence-electron chi connectivity index (χ4n) is 3.06. The molecule has 3 N–H and O–H groups in total. The summed E-state index contributed by atoms with van der Waals surface area (Å²) in [6.07, 6.45) is -1.05. The lowest BCUT2D eigenvalue weighted by molar-refractivity contribution is -0.145. The number of nitrogens with zero attached hydrogens (tertiary/aromatic N) is 4. The highest BCUT2D eigenvalue weighted by Gasteiger charge is 2.54. The van der Waals surface area contributed by atoms with E-state index in [1.165, 1.54) is 17.8 Å². The molecule has 1 saturated heterocycles. The zero-order valence-electron chi connectivity index (χ0n) is 16.0. The first kappa shape index (κ1) is 20.1. The Labute approximate surface area is 160 Å². The molecule has 1 fully saturated rings. The second-order valence-electron chi connectivity index (χ2n) is 7.09. The van der Waals surface area contributed by atoms with Crippen LogP contribution in [0.3, 0.4) is 0 Å². The molecular weight excluding hydrogens is 371 g/mol. The van der Waals surface area contributed by atoms with Crippen LogP contribution in [0.25, 0.3) is 11.2 Å². The monoisotopic (exact) mass is 394 g/mol. The summed E-state index contributed by atoms with van der Waals surface area (Å²) < 4.78 is 21.9. The molecule has 0 bridgehead atoms. The van der Waals surface area contributed by atoms with Gasteiger partial charge in [0.25, 0.3) is 0 Å². The number of aliphatic hydroxyl groups is 1. The quantitative estimate of drug-likeness (QED) is 0.616. The lowest BCUT2D eigenvalue weighted by atomic mass is 9.90. The van der Waals surface area contributed by atoms with E-state index in [4.69, 9.17) is 4.74 Å². The van der Waals surface area contributed by atoms with Crippen molar-refractivity contribution >= 4 is 35.1 Å². The first-order valence-electron chi connectivity index (χ1n) is 8.90. The molecule has 4 atom stereocenters. The van der Waals surface area contributed by atoms with Crippen molar-refractivity contribution in [3.05, 3.63) is 6.33 Å². The zero-order chi connectivity index (χ0) is 20.6. The highest BCUT2D eigenvalue weighted by atomic mass is 19.1. The maximum Gasteiger partial charge on any atom is 0.233 e. The van der Waals surface area contributed by atoms with Crippen LogP contribution in [0.2, 0.25) is 0 Å². The molecule has 1 unspecified atom stereocenters. The summed E-state index contributed by atoms with van der Waals surface area (Å²) in [6.45, 7) is 4.31. The number of carbonyl (C=O) groups is 2. The van der Waals surface area contributed by atoms with Crippen LogP contribution in [0.4, 0.5) is 16.2 Å². The molecule has 152 valence electrons. The molecular formula is C17H23FN6O4. The third-order valence-corrected chi connectivity index (χ3v) is 5.00. The van der Waals surface area contributed by atoms with Gasteiger partial charge in [-0.05, 0) is 0 Å². The molecule has 1 aliphatic heterocycles. The van der Waals surface area contributed by atoms with Crippen molar-refractivity contribution in [3.8, 4) is 0 Å². The number of carbonyl (C=O) groups excluding carboxylic acids is 2. The number of hydrogen-bond acceptors (Lipinski definition) is 8. The fraction of sp³-hybridized carbons (Fsp3) is 0.588. The fourth-order valence-corrected chi connectivity index (χ4v) is 3.06. The Hall–Kier alpha value is -2.66. The SMILES string of the molecule is CNc1nc(NC(=O)C(C)C)nc2c1ncn2[C@@H]1OC(C=O)(CO)[C@@H](C)[C@H]1F. The Bertz CT molecular complexity index is 903. The number of rotatable bonds is 6. The van der Waals surface area contributed by atoms with E-state index >= 15 is 0 Å². The molecule has 0 radical (unpaired) electrons.